The molecule has 0 spiro atoms. The number of fused-ring (bicyclic) bond motifs is 2. The second-order valence-electron chi connectivity index (χ2n) is 6.29. The number of para-hydroxylation sites is 1. The van der Waals surface area contributed by atoms with Crippen LogP contribution in [0.5, 0.6) is 0 Å². The number of allylic oxidation sites excluding steroid dienone is 1. The van der Waals surface area contributed by atoms with Gasteiger partial charge >= 0.3 is 5.69 Å². The highest BCUT2D eigenvalue weighted by Gasteiger charge is 2.13. The van der Waals surface area contributed by atoms with Gasteiger partial charge in [0, 0.05) is 12.2 Å². The van der Waals surface area contributed by atoms with E-state index < -0.39 is 0 Å². The summed E-state index contributed by atoms with van der Waals surface area (Å²) in [5, 5.41) is 3.76. The number of nitrogens with one attached hydrogen (secondary N) is 3. The number of benzene rings is 2. The van der Waals surface area contributed by atoms with Crippen LogP contribution in [0.2, 0.25) is 0 Å². The van der Waals surface area contributed by atoms with E-state index in [1.54, 1.807) is 42.5 Å². The number of rotatable bonds is 6. The lowest BCUT2D eigenvalue weighted by molar-refractivity contribution is -0.113. The van der Waals surface area contributed by atoms with Gasteiger partial charge in [-0.1, -0.05) is 30.0 Å². The number of imidazole rings is 1. The first kappa shape index (κ1) is 18.8. The van der Waals surface area contributed by atoms with Crippen LogP contribution in [-0.2, 0) is 11.3 Å². The third-order valence-corrected chi connectivity index (χ3v) is 5.25. The quantitative estimate of drug-likeness (QED) is 0.258. The molecule has 0 atom stereocenters. The number of thioether (sulfide) groups is 1. The summed E-state index contributed by atoms with van der Waals surface area (Å²) in [5.74, 6) is -0.177. The number of aromatic nitrogens is 4. The number of anilines is 1. The third kappa shape index (κ3) is 3.85. The van der Waals surface area contributed by atoms with E-state index in [4.69, 9.17) is 0 Å². The molecule has 8 nitrogen and oxygen atoms in total. The Bertz CT molecular complexity index is 1350. The molecule has 1 amide bonds. The maximum atomic E-state index is 12.7. The number of H-pyrrole nitrogens is 2. The number of hydrogen-bond donors (Lipinski definition) is 3. The van der Waals surface area contributed by atoms with Gasteiger partial charge in [0.1, 0.15) is 0 Å². The Morgan fingerprint density at radius 1 is 1.17 bits per heavy atom. The fourth-order valence-corrected chi connectivity index (χ4v) is 3.79. The average Bonchev–Trinajstić information content (AvgIpc) is 3.08. The van der Waals surface area contributed by atoms with Crippen LogP contribution in [0.25, 0.3) is 21.9 Å². The van der Waals surface area contributed by atoms with Crippen LogP contribution in [0.3, 0.4) is 0 Å². The molecule has 0 aliphatic rings. The van der Waals surface area contributed by atoms with Crippen LogP contribution in [-0.4, -0.2) is 31.2 Å². The molecule has 0 saturated heterocycles. The number of carbonyl (C=O) groups excluding carboxylic acids is 1. The second kappa shape index (κ2) is 7.80. The number of carbonyl (C=O) groups is 1. The Labute approximate surface area is 168 Å². The minimum atomic E-state index is -0.304. The van der Waals surface area contributed by atoms with E-state index in [0.29, 0.717) is 39.3 Å². The Kier molecular flexibility index (Phi) is 5.05. The van der Waals surface area contributed by atoms with Crippen molar-refractivity contribution in [1.82, 2.24) is 19.5 Å². The van der Waals surface area contributed by atoms with Crippen molar-refractivity contribution in [3.63, 3.8) is 0 Å². The maximum absolute atomic E-state index is 12.7. The lowest BCUT2D eigenvalue weighted by Gasteiger charge is -2.11. The molecule has 29 heavy (non-hydrogen) atoms. The normalized spacial score (nSPS) is 11.0. The number of aromatic amines is 2. The fourth-order valence-electron chi connectivity index (χ4n) is 2.99. The van der Waals surface area contributed by atoms with Gasteiger partial charge in [0.25, 0.3) is 5.56 Å². The average molecular weight is 407 g/mol. The summed E-state index contributed by atoms with van der Waals surface area (Å²) in [7, 11) is 0. The molecule has 0 aliphatic carbocycles. The van der Waals surface area contributed by atoms with Gasteiger partial charge in [-0.2, -0.15) is 0 Å². The van der Waals surface area contributed by atoms with Crippen LogP contribution in [0.4, 0.5) is 5.69 Å². The highest BCUT2D eigenvalue weighted by atomic mass is 32.2. The van der Waals surface area contributed by atoms with E-state index in [0.717, 1.165) is 0 Å². The Morgan fingerprint density at radius 2 is 1.97 bits per heavy atom. The van der Waals surface area contributed by atoms with Gasteiger partial charge in [-0.3, -0.25) is 14.2 Å². The van der Waals surface area contributed by atoms with Gasteiger partial charge in [0.05, 0.1) is 27.7 Å². The summed E-state index contributed by atoms with van der Waals surface area (Å²) in [4.78, 5) is 46.3. The molecule has 9 heteroatoms. The predicted octanol–water partition coefficient (Wildman–Crippen LogP) is 2.48. The monoisotopic (exact) mass is 407 g/mol. The van der Waals surface area contributed by atoms with Crippen molar-refractivity contribution in [3.8, 4) is 0 Å². The van der Waals surface area contributed by atoms with Crippen molar-refractivity contribution in [2.24, 2.45) is 0 Å². The summed E-state index contributed by atoms with van der Waals surface area (Å²) in [6.45, 7) is 4.00. The molecule has 146 valence electrons. The molecule has 0 fully saturated rings. The summed E-state index contributed by atoms with van der Waals surface area (Å²) >= 11 is 1.18. The second-order valence-corrected chi connectivity index (χ2v) is 7.23. The van der Waals surface area contributed by atoms with Crippen molar-refractivity contribution in [2.45, 2.75) is 11.7 Å². The Balaban J connectivity index is 1.54. The fraction of sp³-hybridized carbons (Fsp3) is 0.100. The lowest BCUT2D eigenvalue weighted by atomic mass is 10.2. The van der Waals surface area contributed by atoms with Crippen molar-refractivity contribution in [3.05, 3.63) is 76.0 Å². The molecule has 0 bridgehead atoms. The first-order valence-corrected chi connectivity index (χ1v) is 9.79. The standard InChI is InChI=1S/C20H17N5O3S/c1-2-9-25-18(27)13-5-3-4-6-14(13)24-20(25)29-11-17(26)21-12-7-8-15-16(10-12)23-19(28)22-15/h2-8,10H,1,9,11H2,(H,21,26)(H2,22,23,28). The maximum Gasteiger partial charge on any atom is 0.323 e. The minimum absolute atomic E-state index is 0.0730. The van der Waals surface area contributed by atoms with Crippen LogP contribution in [0, 0.1) is 0 Å². The van der Waals surface area contributed by atoms with Crippen LogP contribution in [0.1, 0.15) is 0 Å². The van der Waals surface area contributed by atoms with Gasteiger partial charge in [0.2, 0.25) is 5.91 Å². The Morgan fingerprint density at radius 3 is 2.79 bits per heavy atom. The molecular formula is C20H17N5O3S. The largest absolute Gasteiger partial charge is 0.325 e. The molecule has 4 rings (SSSR count). The van der Waals surface area contributed by atoms with Gasteiger partial charge in [0.15, 0.2) is 5.16 Å². The van der Waals surface area contributed by atoms with E-state index in [1.165, 1.54) is 16.3 Å². The van der Waals surface area contributed by atoms with E-state index in [9.17, 15) is 14.4 Å². The number of amides is 1. The molecule has 0 radical (unpaired) electrons. The SMILES string of the molecule is C=CCn1c(SCC(=O)Nc2ccc3[nH]c(=O)[nH]c3c2)nc2ccccc2c1=O. The smallest absolute Gasteiger partial charge is 0.323 e. The van der Waals surface area contributed by atoms with E-state index in [1.807, 2.05) is 6.07 Å². The molecule has 2 aromatic heterocycles. The summed E-state index contributed by atoms with van der Waals surface area (Å²) in [6, 6.07) is 12.2. The number of nitrogens with zero attached hydrogens (tertiary/aromatic N) is 2. The van der Waals surface area contributed by atoms with Crippen LogP contribution >= 0.6 is 11.8 Å². The zero-order valence-corrected chi connectivity index (χ0v) is 16.1. The summed E-state index contributed by atoms with van der Waals surface area (Å²) in [6.07, 6.45) is 1.62. The summed E-state index contributed by atoms with van der Waals surface area (Å²) in [5.41, 5.74) is 1.95. The van der Waals surface area contributed by atoms with Gasteiger partial charge in [-0.15, -0.1) is 6.58 Å². The summed E-state index contributed by atoms with van der Waals surface area (Å²) < 4.78 is 1.50. The Hall–Kier alpha value is -3.59. The van der Waals surface area contributed by atoms with Crippen LogP contribution in [0.15, 0.2) is 69.9 Å². The molecular weight excluding hydrogens is 390 g/mol. The molecule has 2 aromatic carbocycles. The highest BCUT2D eigenvalue weighted by molar-refractivity contribution is 7.99. The number of hydrogen-bond acceptors (Lipinski definition) is 5. The first-order valence-electron chi connectivity index (χ1n) is 8.80. The molecule has 0 saturated carbocycles. The predicted molar refractivity (Wildman–Crippen MR) is 114 cm³/mol. The molecule has 4 aromatic rings. The van der Waals surface area contributed by atoms with Crippen molar-refractivity contribution < 1.29 is 4.79 Å². The van der Waals surface area contributed by atoms with Gasteiger partial charge in [-0.05, 0) is 30.3 Å². The molecule has 0 unspecified atom stereocenters. The van der Waals surface area contributed by atoms with Crippen molar-refractivity contribution in [1.29, 1.82) is 0 Å². The van der Waals surface area contributed by atoms with E-state index in [-0.39, 0.29) is 22.9 Å². The first-order chi connectivity index (χ1) is 14.0. The highest BCUT2D eigenvalue weighted by Crippen LogP contribution is 2.19. The zero-order chi connectivity index (χ0) is 20.4. The zero-order valence-electron chi connectivity index (χ0n) is 15.3. The van der Waals surface area contributed by atoms with Gasteiger partial charge in [-0.25, -0.2) is 9.78 Å². The van der Waals surface area contributed by atoms with Gasteiger partial charge < -0.3 is 15.3 Å². The molecule has 0 aliphatic heterocycles. The minimum Gasteiger partial charge on any atom is -0.325 e. The topological polar surface area (TPSA) is 113 Å². The third-order valence-electron chi connectivity index (χ3n) is 4.27. The lowest BCUT2D eigenvalue weighted by Crippen LogP contribution is -2.23. The van der Waals surface area contributed by atoms with Crippen molar-refractivity contribution in [2.75, 3.05) is 11.1 Å². The van der Waals surface area contributed by atoms with E-state index >= 15 is 0 Å². The van der Waals surface area contributed by atoms with Crippen molar-refractivity contribution >= 4 is 45.3 Å². The van der Waals surface area contributed by atoms with Crippen LogP contribution < -0.4 is 16.6 Å². The van der Waals surface area contributed by atoms with E-state index in [2.05, 4.69) is 26.8 Å². The molecule has 2 heterocycles. The molecule has 3 N–H and O–H groups in total.